The summed E-state index contributed by atoms with van der Waals surface area (Å²) in [5, 5.41) is 0. The van der Waals surface area contributed by atoms with Crippen LogP contribution in [0.2, 0.25) is 0 Å². The smallest absolute Gasteiger partial charge is 0.722 e. The van der Waals surface area contributed by atoms with Crippen molar-refractivity contribution in [3.05, 3.63) is 0 Å². The van der Waals surface area contributed by atoms with Crippen LogP contribution in [0.3, 0.4) is 0 Å². The molecule has 0 unspecified atom stereocenters. The van der Waals surface area contributed by atoms with Crippen LogP contribution in [0.5, 0.6) is 0 Å². The maximum atomic E-state index is 10.1. The average Bonchev–Trinajstić information content (AvgIpc) is 1.41. The maximum absolute atomic E-state index is 10.1. The van der Waals surface area contributed by atoms with Gasteiger partial charge in [-0.3, -0.25) is 0 Å². The van der Waals surface area contributed by atoms with E-state index in [1.165, 1.54) is 0 Å². The van der Waals surface area contributed by atoms with E-state index in [1.807, 2.05) is 0 Å². The van der Waals surface area contributed by atoms with Crippen molar-refractivity contribution in [2.45, 2.75) is 0 Å². The van der Waals surface area contributed by atoms with Gasteiger partial charge in [0.1, 0.15) is 0 Å². The number of hydrogen-bond acceptors (Lipinski definition) is 9. The first-order valence-electron chi connectivity index (χ1n) is 1.96. The van der Waals surface area contributed by atoms with Crippen LogP contribution in [0.25, 0.3) is 0 Å². The molecule has 0 N–H and O–H groups in total. The third-order valence-electron chi connectivity index (χ3n) is 0. The molecule has 16 heteroatoms. The second-order valence-corrected chi connectivity index (χ2v) is 3.54. The molecule has 0 saturated heterocycles. The standard InChI is InChI=1S/3FHO3S.Pm/c3*1-5(2,3)4;/h3*(H,2,3,4);/q;;;+3/p-3. The van der Waals surface area contributed by atoms with Crippen LogP contribution in [-0.4, -0.2) is 38.9 Å². The monoisotopic (exact) mass is 442 g/mol. The molecular formula is F3O9PmS3. The van der Waals surface area contributed by atoms with Gasteiger partial charge in [0.25, 0.3) is 31.5 Å². The van der Waals surface area contributed by atoms with Crippen LogP contribution < -0.4 is 0 Å². The fourth-order valence-corrected chi connectivity index (χ4v) is 0. The first kappa shape index (κ1) is 25.6. The van der Waals surface area contributed by atoms with Crippen molar-refractivity contribution in [2.75, 3.05) is 0 Å². The first-order chi connectivity index (χ1) is 6.00. The van der Waals surface area contributed by atoms with Gasteiger partial charge in [-0.05, 0) is 0 Å². The van der Waals surface area contributed by atoms with Crippen LogP contribution in [0.15, 0.2) is 0 Å². The third kappa shape index (κ3) is 3880. The zero-order chi connectivity index (χ0) is 13.5. The number of halogens is 3. The van der Waals surface area contributed by atoms with E-state index < -0.39 is 31.5 Å². The Hall–Kier alpha value is 0.858. The van der Waals surface area contributed by atoms with Crippen molar-refractivity contribution < 1.29 is 91.0 Å². The average molecular weight is 442 g/mol. The van der Waals surface area contributed by atoms with Crippen LogP contribution in [-0.2, 0) is 31.5 Å². The molecule has 0 aliphatic carbocycles. The molecule has 16 heavy (non-hydrogen) atoms. The summed E-state index contributed by atoms with van der Waals surface area (Å²) < 4.78 is 106. The summed E-state index contributed by atoms with van der Waals surface area (Å²) in [6.07, 6.45) is 0. The summed E-state index contributed by atoms with van der Waals surface area (Å²) in [5.41, 5.74) is 0. The molecule has 9 nitrogen and oxygen atoms in total. The van der Waals surface area contributed by atoms with E-state index in [9.17, 15) is 11.7 Å². The minimum absolute atomic E-state index is 0. The fourth-order valence-electron chi connectivity index (χ4n) is 0. The molecule has 0 radical (unpaired) electrons. The van der Waals surface area contributed by atoms with Crippen molar-refractivity contribution in [1.29, 1.82) is 0 Å². The summed E-state index contributed by atoms with van der Waals surface area (Å²) >= 11 is 0. The van der Waals surface area contributed by atoms with Gasteiger partial charge in [0.05, 0.1) is 0 Å². The molecule has 98 valence electrons. The van der Waals surface area contributed by atoms with Gasteiger partial charge < -0.3 is 13.7 Å². The summed E-state index contributed by atoms with van der Waals surface area (Å²) in [7, 11) is -16.2. The largest absolute Gasteiger partial charge is 3.00 e. The molecule has 0 saturated carbocycles. The van der Waals surface area contributed by atoms with Crippen LogP contribution >= 0.6 is 0 Å². The van der Waals surface area contributed by atoms with Gasteiger partial charge in [0.2, 0.25) is 0 Å². The first-order valence-corrected chi connectivity index (χ1v) is 5.89. The molecule has 0 aromatic heterocycles. The van der Waals surface area contributed by atoms with E-state index in [4.69, 9.17) is 38.9 Å². The summed E-state index contributed by atoms with van der Waals surface area (Å²) in [6, 6.07) is 0. The second-order valence-electron chi connectivity index (χ2n) is 1.18. The molecule has 0 atom stereocenters. The van der Waals surface area contributed by atoms with Gasteiger partial charge in [0.15, 0.2) is 0 Å². The van der Waals surface area contributed by atoms with E-state index in [2.05, 4.69) is 0 Å². The Bertz CT molecular complexity index is 347. The summed E-state index contributed by atoms with van der Waals surface area (Å²) in [5.74, 6) is 0. The number of hydrogen-bond donors (Lipinski definition) is 0. The van der Waals surface area contributed by atoms with Crippen LogP contribution in [0.4, 0.5) is 11.7 Å². The topological polar surface area (TPSA) is 172 Å². The van der Waals surface area contributed by atoms with Gasteiger partial charge in [-0.2, -0.15) is 0 Å². The maximum Gasteiger partial charge on any atom is 3.00 e. The van der Waals surface area contributed by atoms with E-state index >= 15 is 0 Å². The van der Waals surface area contributed by atoms with E-state index in [0.717, 1.165) is 0 Å². The van der Waals surface area contributed by atoms with Gasteiger partial charge in [0, 0.05) is 0 Å². The SMILES string of the molecule is O=S(=O)([O-])F.O=S(=O)([O-])F.O=S(=O)([O-])F.[Pm+3]. The summed E-state index contributed by atoms with van der Waals surface area (Å²) in [4.78, 5) is 0. The zero-order valence-corrected chi connectivity index (χ0v) is 11.8. The van der Waals surface area contributed by atoms with E-state index in [1.54, 1.807) is 0 Å². The predicted molar refractivity (Wildman–Crippen MR) is 32.4 cm³/mol. The Morgan fingerprint density at radius 2 is 0.562 bits per heavy atom. The normalized spacial score (nSPS) is 10.9. The van der Waals surface area contributed by atoms with Gasteiger partial charge in [-0.1, -0.05) is 0 Å². The number of rotatable bonds is 0. The Balaban J connectivity index is -0.0000000655. The van der Waals surface area contributed by atoms with Gasteiger partial charge in [-0.25, -0.2) is 25.3 Å². The van der Waals surface area contributed by atoms with Crippen LogP contribution in [0.1, 0.15) is 0 Å². The van der Waals surface area contributed by atoms with E-state index in [-0.39, 0.29) is 40.4 Å². The molecule has 0 aliphatic rings. The van der Waals surface area contributed by atoms with Crippen molar-refractivity contribution in [1.82, 2.24) is 0 Å². The van der Waals surface area contributed by atoms with Gasteiger partial charge in [-0.15, -0.1) is 11.7 Å². The minimum Gasteiger partial charge on any atom is -0.722 e. The van der Waals surface area contributed by atoms with Crippen molar-refractivity contribution in [3.8, 4) is 0 Å². The second kappa shape index (κ2) is 9.84. The van der Waals surface area contributed by atoms with Gasteiger partial charge >= 0.3 is 40.4 Å². The molecule has 0 spiro atoms. The summed E-state index contributed by atoms with van der Waals surface area (Å²) in [6.45, 7) is 0. The van der Waals surface area contributed by atoms with Crippen molar-refractivity contribution in [2.24, 2.45) is 0 Å². The Labute approximate surface area is 121 Å². The predicted octanol–water partition coefficient (Wildman–Crippen LogP) is -1.75. The third-order valence-corrected chi connectivity index (χ3v) is 0. The molecule has 0 aromatic carbocycles. The van der Waals surface area contributed by atoms with Crippen molar-refractivity contribution >= 4 is 31.5 Å². The van der Waals surface area contributed by atoms with E-state index in [0.29, 0.717) is 0 Å². The molecule has 0 aromatic rings. The Morgan fingerprint density at radius 3 is 0.562 bits per heavy atom. The molecule has 0 fully saturated rings. The van der Waals surface area contributed by atoms with Crippen LogP contribution in [0, 0.1) is 40.4 Å². The Morgan fingerprint density at radius 1 is 0.562 bits per heavy atom. The Kier molecular flexibility index (Phi) is 15.8. The molecule has 0 amide bonds. The molecule has 0 rings (SSSR count). The molecule has 0 heterocycles. The fraction of sp³-hybridized carbons (Fsp3) is 0. The minimum atomic E-state index is -5.42. The quantitative estimate of drug-likeness (QED) is 0.311. The molecule has 0 aliphatic heterocycles. The molecular weight excluding hydrogens is 442 g/mol. The van der Waals surface area contributed by atoms with Crippen molar-refractivity contribution in [3.63, 3.8) is 0 Å². The molecule has 0 bridgehead atoms. The zero-order valence-electron chi connectivity index (χ0n) is 6.48.